The highest BCUT2D eigenvalue weighted by Gasteiger charge is 2.03. The molecule has 2 rings (SSSR count). The second-order valence-corrected chi connectivity index (χ2v) is 3.86. The second kappa shape index (κ2) is 6.22. The number of rotatable bonds is 4. The highest BCUT2D eigenvalue weighted by Crippen LogP contribution is 2.12. The SMILES string of the molecule is N#CC(=NO)c1ccc(COc2ccccc2)cc1. The minimum Gasteiger partial charge on any atom is -0.489 e. The minimum absolute atomic E-state index is 0.00414. The van der Waals surface area contributed by atoms with Gasteiger partial charge in [0.25, 0.3) is 0 Å². The average molecular weight is 252 g/mol. The molecule has 0 unspecified atom stereocenters. The van der Waals surface area contributed by atoms with Gasteiger partial charge in [-0.3, -0.25) is 0 Å². The fourth-order valence-electron chi connectivity index (χ4n) is 1.59. The van der Waals surface area contributed by atoms with Gasteiger partial charge in [-0.2, -0.15) is 5.26 Å². The smallest absolute Gasteiger partial charge is 0.186 e. The Kier molecular flexibility index (Phi) is 4.14. The van der Waals surface area contributed by atoms with Gasteiger partial charge in [-0.25, -0.2) is 0 Å². The molecule has 0 spiro atoms. The Bertz CT molecular complexity index is 598. The Morgan fingerprint density at radius 2 is 1.79 bits per heavy atom. The topological polar surface area (TPSA) is 65.6 Å². The first-order chi connectivity index (χ1) is 9.33. The fourth-order valence-corrected chi connectivity index (χ4v) is 1.59. The van der Waals surface area contributed by atoms with Crippen LogP contribution in [0, 0.1) is 11.3 Å². The van der Waals surface area contributed by atoms with E-state index in [1.807, 2.05) is 48.5 Å². The molecule has 0 aromatic heterocycles. The molecule has 2 aromatic carbocycles. The zero-order valence-electron chi connectivity index (χ0n) is 10.2. The number of ether oxygens (including phenoxy) is 1. The highest BCUT2D eigenvalue weighted by molar-refractivity contribution is 6.11. The summed E-state index contributed by atoms with van der Waals surface area (Å²) in [5, 5.41) is 20.3. The average Bonchev–Trinajstić information content (AvgIpc) is 2.49. The Hall–Kier alpha value is -2.80. The lowest BCUT2D eigenvalue weighted by Gasteiger charge is -2.06. The number of hydrogen-bond acceptors (Lipinski definition) is 4. The summed E-state index contributed by atoms with van der Waals surface area (Å²) >= 11 is 0. The van der Waals surface area contributed by atoms with E-state index < -0.39 is 0 Å². The summed E-state index contributed by atoms with van der Waals surface area (Å²) in [6.45, 7) is 0.447. The third-order valence-electron chi connectivity index (χ3n) is 2.58. The largest absolute Gasteiger partial charge is 0.489 e. The lowest BCUT2D eigenvalue weighted by molar-refractivity contribution is 0.306. The lowest BCUT2D eigenvalue weighted by Crippen LogP contribution is -1.99. The third kappa shape index (κ3) is 3.33. The third-order valence-corrected chi connectivity index (χ3v) is 2.58. The second-order valence-electron chi connectivity index (χ2n) is 3.86. The molecule has 4 nitrogen and oxygen atoms in total. The van der Waals surface area contributed by atoms with Crippen LogP contribution in [-0.4, -0.2) is 10.9 Å². The zero-order chi connectivity index (χ0) is 13.5. The first kappa shape index (κ1) is 12.7. The minimum atomic E-state index is -0.00414. The van der Waals surface area contributed by atoms with Gasteiger partial charge in [-0.05, 0) is 17.7 Å². The maximum absolute atomic E-state index is 8.74. The molecule has 0 fully saturated rings. The molecule has 0 aliphatic rings. The summed E-state index contributed by atoms with van der Waals surface area (Å²) in [7, 11) is 0. The highest BCUT2D eigenvalue weighted by atomic mass is 16.5. The van der Waals surface area contributed by atoms with E-state index in [0.717, 1.165) is 11.3 Å². The van der Waals surface area contributed by atoms with Crippen LogP contribution >= 0.6 is 0 Å². The molecule has 0 aliphatic heterocycles. The molecule has 0 amide bonds. The molecule has 1 N–H and O–H groups in total. The molecular weight excluding hydrogens is 240 g/mol. The molecule has 0 bridgehead atoms. The molecular formula is C15H12N2O2. The molecule has 0 atom stereocenters. The lowest BCUT2D eigenvalue weighted by atomic mass is 10.1. The van der Waals surface area contributed by atoms with Crippen molar-refractivity contribution in [3.8, 4) is 11.8 Å². The van der Waals surface area contributed by atoms with Crippen LogP contribution in [0.3, 0.4) is 0 Å². The molecule has 0 aliphatic carbocycles. The van der Waals surface area contributed by atoms with Crippen LogP contribution in [0.5, 0.6) is 5.75 Å². The first-order valence-electron chi connectivity index (χ1n) is 5.73. The van der Waals surface area contributed by atoms with Crippen LogP contribution in [0.4, 0.5) is 0 Å². The monoisotopic (exact) mass is 252 g/mol. The van der Waals surface area contributed by atoms with Crippen LogP contribution in [0.2, 0.25) is 0 Å². The van der Waals surface area contributed by atoms with E-state index in [4.69, 9.17) is 15.2 Å². The van der Waals surface area contributed by atoms with Crippen molar-refractivity contribution >= 4 is 5.71 Å². The van der Waals surface area contributed by atoms with Gasteiger partial charge >= 0.3 is 0 Å². The summed E-state index contributed by atoms with van der Waals surface area (Å²) in [6, 6.07) is 18.5. The van der Waals surface area contributed by atoms with Gasteiger partial charge in [-0.15, -0.1) is 0 Å². The van der Waals surface area contributed by atoms with Crippen molar-refractivity contribution in [1.29, 1.82) is 5.26 Å². The van der Waals surface area contributed by atoms with Crippen molar-refractivity contribution in [3.05, 3.63) is 65.7 Å². The summed E-state index contributed by atoms with van der Waals surface area (Å²) in [4.78, 5) is 0. The van der Waals surface area contributed by atoms with E-state index in [2.05, 4.69) is 5.16 Å². The van der Waals surface area contributed by atoms with Gasteiger partial charge in [0, 0.05) is 5.56 Å². The molecule has 0 saturated carbocycles. The predicted octanol–water partition coefficient (Wildman–Crippen LogP) is 2.97. The maximum atomic E-state index is 8.74. The van der Waals surface area contributed by atoms with E-state index in [-0.39, 0.29) is 5.71 Å². The standard InChI is InChI=1S/C15H12N2O2/c16-10-15(17-18)13-8-6-12(7-9-13)11-19-14-4-2-1-3-5-14/h1-9,18H,11H2. The summed E-state index contributed by atoms with van der Waals surface area (Å²) in [5.41, 5.74) is 1.55. The van der Waals surface area contributed by atoms with E-state index in [1.54, 1.807) is 12.1 Å². The normalized spacial score (nSPS) is 10.8. The quantitative estimate of drug-likeness (QED) is 0.517. The van der Waals surface area contributed by atoms with Gasteiger partial charge in [0.2, 0.25) is 0 Å². The van der Waals surface area contributed by atoms with Crippen LogP contribution in [0.1, 0.15) is 11.1 Å². The summed E-state index contributed by atoms with van der Waals surface area (Å²) in [6.07, 6.45) is 0. The Morgan fingerprint density at radius 3 is 2.37 bits per heavy atom. The van der Waals surface area contributed by atoms with Gasteiger partial charge < -0.3 is 9.94 Å². The van der Waals surface area contributed by atoms with Crippen LogP contribution in [-0.2, 0) is 6.61 Å². The zero-order valence-corrected chi connectivity index (χ0v) is 10.2. The van der Waals surface area contributed by atoms with Gasteiger partial charge in [-0.1, -0.05) is 47.6 Å². The molecule has 4 heteroatoms. The van der Waals surface area contributed by atoms with E-state index >= 15 is 0 Å². The van der Waals surface area contributed by atoms with Crippen molar-refractivity contribution in [3.63, 3.8) is 0 Å². The number of nitriles is 1. The Balaban J connectivity index is 2.02. The molecule has 0 saturated heterocycles. The van der Waals surface area contributed by atoms with Crippen molar-refractivity contribution < 1.29 is 9.94 Å². The number of nitrogens with zero attached hydrogens (tertiary/aromatic N) is 2. The van der Waals surface area contributed by atoms with E-state index in [0.29, 0.717) is 12.2 Å². The predicted molar refractivity (Wildman–Crippen MR) is 71.2 cm³/mol. The number of hydrogen-bond donors (Lipinski definition) is 1. The van der Waals surface area contributed by atoms with Crippen LogP contribution in [0.15, 0.2) is 59.8 Å². The molecule has 2 aromatic rings. The Labute approximate surface area is 111 Å². The first-order valence-corrected chi connectivity index (χ1v) is 5.73. The fraction of sp³-hybridized carbons (Fsp3) is 0.0667. The van der Waals surface area contributed by atoms with E-state index in [9.17, 15) is 0 Å². The summed E-state index contributed by atoms with van der Waals surface area (Å²) in [5.74, 6) is 0.807. The van der Waals surface area contributed by atoms with Crippen LogP contribution < -0.4 is 4.74 Å². The van der Waals surface area contributed by atoms with Gasteiger partial charge in [0.15, 0.2) is 5.71 Å². The molecule has 19 heavy (non-hydrogen) atoms. The van der Waals surface area contributed by atoms with Crippen molar-refractivity contribution in [1.82, 2.24) is 0 Å². The number of para-hydroxylation sites is 1. The molecule has 0 radical (unpaired) electrons. The van der Waals surface area contributed by atoms with Gasteiger partial charge in [0.1, 0.15) is 18.4 Å². The molecule has 0 heterocycles. The number of oxime groups is 1. The van der Waals surface area contributed by atoms with E-state index in [1.165, 1.54) is 0 Å². The van der Waals surface area contributed by atoms with Gasteiger partial charge in [0.05, 0.1) is 0 Å². The molecule has 94 valence electrons. The van der Waals surface area contributed by atoms with Crippen molar-refractivity contribution in [2.75, 3.05) is 0 Å². The van der Waals surface area contributed by atoms with Crippen molar-refractivity contribution in [2.45, 2.75) is 6.61 Å². The van der Waals surface area contributed by atoms with Crippen LogP contribution in [0.25, 0.3) is 0 Å². The Morgan fingerprint density at radius 1 is 1.11 bits per heavy atom. The van der Waals surface area contributed by atoms with Crippen molar-refractivity contribution in [2.24, 2.45) is 5.16 Å². The maximum Gasteiger partial charge on any atom is 0.186 e. The number of benzene rings is 2. The summed E-state index contributed by atoms with van der Waals surface area (Å²) < 4.78 is 5.60.